The Labute approximate surface area is 164 Å². The van der Waals surface area contributed by atoms with Gasteiger partial charge < -0.3 is 9.15 Å². The zero-order valence-electron chi connectivity index (χ0n) is 16.3. The zero-order chi connectivity index (χ0) is 20.1. The van der Waals surface area contributed by atoms with Crippen LogP contribution in [0, 0.1) is 6.92 Å². The van der Waals surface area contributed by atoms with Crippen molar-refractivity contribution in [2.24, 2.45) is 0 Å². The summed E-state index contributed by atoms with van der Waals surface area (Å²) < 4.78 is 10.7. The SMILES string of the molecule is CC[C@@H](C)c1ccc(C(=O)COC(=O)c2nc(-c3ccccc3)oc2C)cc1. The molecule has 2 aromatic carbocycles. The third-order valence-electron chi connectivity index (χ3n) is 4.76. The Bertz CT molecular complexity index is 958. The number of aromatic nitrogens is 1. The molecule has 0 N–H and O–H groups in total. The first kappa shape index (κ1) is 19.5. The molecule has 0 fully saturated rings. The molecule has 1 atom stereocenters. The summed E-state index contributed by atoms with van der Waals surface area (Å²) in [7, 11) is 0. The molecular formula is C23H23NO4. The standard InChI is InChI=1S/C23H23NO4/c1-4-15(2)17-10-12-18(13-11-17)20(25)14-27-23(26)21-16(3)28-22(24-21)19-8-6-5-7-9-19/h5-13,15H,4,14H2,1-3H3/t15-/m1/s1. The fourth-order valence-corrected chi connectivity index (χ4v) is 2.81. The highest BCUT2D eigenvalue weighted by atomic mass is 16.5. The van der Waals surface area contributed by atoms with Gasteiger partial charge in [0.25, 0.3) is 0 Å². The number of esters is 1. The quantitative estimate of drug-likeness (QED) is 0.418. The van der Waals surface area contributed by atoms with Crippen molar-refractivity contribution >= 4 is 11.8 Å². The number of ketones is 1. The number of carbonyl (C=O) groups excluding carboxylic acids is 2. The van der Waals surface area contributed by atoms with Crippen LogP contribution in [0.5, 0.6) is 0 Å². The molecule has 0 saturated carbocycles. The average Bonchev–Trinajstić information content (AvgIpc) is 3.13. The number of hydrogen-bond donors (Lipinski definition) is 0. The van der Waals surface area contributed by atoms with Crippen molar-refractivity contribution in [1.29, 1.82) is 0 Å². The monoisotopic (exact) mass is 377 g/mol. The number of benzene rings is 2. The maximum absolute atomic E-state index is 12.3. The maximum Gasteiger partial charge on any atom is 0.361 e. The van der Waals surface area contributed by atoms with Gasteiger partial charge in [-0.25, -0.2) is 9.78 Å². The summed E-state index contributed by atoms with van der Waals surface area (Å²) in [6.07, 6.45) is 1.03. The molecule has 0 aliphatic heterocycles. The van der Waals surface area contributed by atoms with Crippen LogP contribution in [0.4, 0.5) is 0 Å². The lowest BCUT2D eigenvalue weighted by molar-refractivity contribution is 0.0468. The first-order chi connectivity index (χ1) is 13.5. The smallest absolute Gasteiger partial charge is 0.361 e. The van der Waals surface area contributed by atoms with E-state index in [-0.39, 0.29) is 18.1 Å². The Morgan fingerprint density at radius 1 is 1.07 bits per heavy atom. The van der Waals surface area contributed by atoms with Gasteiger partial charge in [-0.05, 0) is 37.0 Å². The number of aryl methyl sites for hydroxylation is 1. The van der Waals surface area contributed by atoms with Gasteiger partial charge in [-0.1, -0.05) is 56.3 Å². The molecule has 0 spiro atoms. The average molecular weight is 377 g/mol. The third-order valence-corrected chi connectivity index (χ3v) is 4.76. The van der Waals surface area contributed by atoms with E-state index in [0.29, 0.717) is 23.1 Å². The summed E-state index contributed by atoms with van der Waals surface area (Å²) in [5.41, 5.74) is 2.55. The minimum absolute atomic E-state index is 0.0822. The second-order valence-corrected chi connectivity index (χ2v) is 6.72. The van der Waals surface area contributed by atoms with E-state index in [0.717, 1.165) is 12.0 Å². The maximum atomic E-state index is 12.3. The summed E-state index contributed by atoms with van der Waals surface area (Å²) in [5.74, 6) is 0.212. The zero-order valence-corrected chi connectivity index (χ0v) is 16.3. The predicted molar refractivity (Wildman–Crippen MR) is 106 cm³/mol. The van der Waals surface area contributed by atoms with Crippen LogP contribution >= 0.6 is 0 Å². The first-order valence-corrected chi connectivity index (χ1v) is 9.32. The fraction of sp³-hybridized carbons (Fsp3) is 0.261. The molecule has 1 aromatic heterocycles. The van der Waals surface area contributed by atoms with Gasteiger partial charge in [0.05, 0.1) is 0 Å². The predicted octanol–water partition coefficient (Wildman–Crippen LogP) is 5.20. The van der Waals surface area contributed by atoms with Crippen molar-refractivity contribution in [2.75, 3.05) is 6.61 Å². The van der Waals surface area contributed by atoms with Crippen LogP contribution in [-0.2, 0) is 4.74 Å². The van der Waals surface area contributed by atoms with E-state index < -0.39 is 5.97 Å². The van der Waals surface area contributed by atoms with E-state index in [1.807, 2.05) is 42.5 Å². The van der Waals surface area contributed by atoms with Crippen molar-refractivity contribution in [3.05, 3.63) is 77.2 Å². The highest BCUT2D eigenvalue weighted by Gasteiger charge is 2.20. The molecule has 144 valence electrons. The second kappa shape index (κ2) is 8.65. The topological polar surface area (TPSA) is 69.4 Å². The van der Waals surface area contributed by atoms with Gasteiger partial charge >= 0.3 is 5.97 Å². The van der Waals surface area contributed by atoms with Crippen molar-refractivity contribution in [1.82, 2.24) is 4.98 Å². The highest BCUT2D eigenvalue weighted by Crippen LogP contribution is 2.22. The molecule has 3 aromatic rings. The number of oxazole rings is 1. The number of rotatable bonds is 7. The lowest BCUT2D eigenvalue weighted by Crippen LogP contribution is -2.15. The molecule has 5 heteroatoms. The number of hydrogen-bond acceptors (Lipinski definition) is 5. The Morgan fingerprint density at radius 3 is 2.39 bits per heavy atom. The van der Waals surface area contributed by atoms with Crippen LogP contribution in [-0.4, -0.2) is 23.3 Å². The first-order valence-electron chi connectivity index (χ1n) is 9.32. The molecule has 1 heterocycles. The third kappa shape index (κ3) is 4.36. The van der Waals surface area contributed by atoms with Crippen LogP contribution in [0.25, 0.3) is 11.5 Å². The van der Waals surface area contributed by atoms with Gasteiger partial charge in [0.15, 0.2) is 18.1 Å². The number of ether oxygens (including phenoxy) is 1. The molecule has 0 saturated heterocycles. The molecule has 0 amide bonds. The number of nitrogens with zero attached hydrogens (tertiary/aromatic N) is 1. The van der Waals surface area contributed by atoms with Gasteiger partial charge in [-0.2, -0.15) is 0 Å². The molecule has 0 bridgehead atoms. The van der Waals surface area contributed by atoms with Crippen LogP contribution < -0.4 is 0 Å². The van der Waals surface area contributed by atoms with Gasteiger partial charge in [0, 0.05) is 11.1 Å². The fourth-order valence-electron chi connectivity index (χ4n) is 2.81. The molecule has 0 aliphatic rings. The summed E-state index contributed by atoms with van der Waals surface area (Å²) in [6.45, 7) is 5.57. The molecule has 0 unspecified atom stereocenters. The lowest BCUT2D eigenvalue weighted by Gasteiger charge is -2.09. The summed E-state index contributed by atoms with van der Waals surface area (Å²) in [6, 6.07) is 16.7. The lowest BCUT2D eigenvalue weighted by atomic mass is 9.97. The normalized spacial score (nSPS) is 11.8. The van der Waals surface area contributed by atoms with E-state index in [1.54, 1.807) is 19.1 Å². The van der Waals surface area contributed by atoms with Crippen LogP contribution in [0.1, 0.15) is 58.4 Å². The highest BCUT2D eigenvalue weighted by molar-refractivity contribution is 5.99. The molecule has 0 radical (unpaired) electrons. The molecular weight excluding hydrogens is 354 g/mol. The van der Waals surface area contributed by atoms with Crippen LogP contribution in [0.3, 0.4) is 0 Å². The van der Waals surface area contributed by atoms with Gasteiger partial charge in [0.1, 0.15) is 5.76 Å². The minimum Gasteiger partial charge on any atom is -0.452 e. The number of Topliss-reactive ketones (excluding diaryl/α,β-unsaturated/α-hetero) is 1. The van der Waals surface area contributed by atoms with Crippen molar-refractivity contribution in [3.8, 4) is 11.5 Å². The molecule has 5 nitrogen and oxygen atoms in total. The molecule has 28 heavy (non-hydrogen) atoms. The van der Waals surface area contributed by atoms with Crippen molar-refractivity contribution in [2.45, 2.75) is 33.1 Å². The Morgan fingerprint density at radius 2 is 1.75 bits per heavy atom. The Hall–Kier alpha value is -3.21. The summed E-state index contributed by atoms with van der Waals surface area (Å²) in [5, 5.41) is 0. The van der Waals surface area contributed by atoms with Crippen LogP contribution in [0.2, 0.25) is 0 Å². The van der Waals surface area contributed by atoms with Crippen LogP contribution in [0.15, 0.2) is 59.0 Å². The van der Waals surface area contributed by atoms with E-state index in [4.69, 9.17) is 9.15 Å². The second-order valence-electron chi connectivity index (χ2n) is 6.72. The van der Waals surface area contributed by atoms with Crippen molar-refractivity contribution < 1.29 is 18.7 Å². The Balaban J connectivity index is 1.64. The van der Waals surface area contributed by atoms with E-state index in [2.05, 4.69) is 18.8 Å². The Kier molecular flexibility index (Phi) is 6.04. The van der Waals surface area contributed by atoms with Gasteiger partial charge in [-0.15, -0.1) is 0 Å². The van der Waals surface area contributed by atoms with Gasteiger partial charge in [-0.3, -0.25) is 4.79 Å². The minimum atomic E-state index is -0.673. The van der Waals surface area contributed by atoms with E-state index in [1.165, 1.54) is 5.56 Å². The van der Waals surface area contributed by atoms with Gasteiger partial charge in [0.2, 0.25) is 5.89 Å². The molecule has 3 rings (SSSR count). The van der Waals surface area contributed by atoms with E-state index in [9.17, 15) is 9.59 Å². The van der Waals surface area contributed by atoms with E-state index >= 15 is 0 Å². The molecule has 0 aliphatic carbocycles. The van der Waals surface area contributed by atoms with Crippen molar-refractivity contribution in [3.63, 3.8) is 0 Å². The summed E-state index contributed by atoms with van der Waals surface area (Å²) in [4.78, 5) is 28.9. The summed E-state index contributed by atoms with van der Waals surface area (Å²) >= 11 is 0. The number of carbonyl (C=O) groups is 2. The largest absolute Gasteiger partial charge is 0.452 e.